The van der Waals surface area contributed by atoms with Gasteiger partial charge < -0.3 is 15.4 Å². The predicted molar refractivity (Wildman–Crippen MR) is 93.7 cm³/mol. The highest BCUT2D eigenvalue weighted by Crippen LogP contribution is 2.18. The maximum Gasteiger partial charge on any atom is 0.262 e. The number of carbonyl (C=O) groups excluding carboxylic acids is 1. The van der Waals surface area contributed by atoms with Gasteiger partial charge in [-0.2, -0.15) is 0 Å². The van der Waals surface area contributed by atoms with Gasteiger partial charge in [0.2, 0.25) is 0 Å². The topological polar surface area (TPSA) is 50.4 Å². The Hall–Kier alpha value is -2.33. The number of para-hydroxylation sites is 1. The first-order valence-corrected chi connectivity index (χ1v) is 7.97. The summed E-state index contributed by atoms with van der Waals surface area (Å²) in [5, 5.41) is 6.18. The van der Waals surface area contributed by atoms with Crippen LogP contribution in [0.1, 0.15) is 24.5 Å². The second kappa shape index (κ2) is 8.96. The third kappa shape index (κ3) is 5.75. The molecule has 0 aromatic heterocycles. The molecular formula is C19H24N2O2. The van der Waals surface area contributed by atoms with Crippen molar-refractivity contribution in [3.63, 3.8) is 0 Å². The van der Waals surface area contributed by atoms with Crippen molar-refractivity contribution in [3.05, 3.63) is 59.7 Å². The van der Waals surface area contributed by atoms with Crippen LogP contribution in [-0.2, 0) is 11.3 Å². The molecule has 0 atom stereocenters. The molecule has 2 aromatic rings. The monoisotopic (exact) mass is 312 g/mol. The molecule has 0 aliphatic rings. The maximum atomic E-state index is 12.0. The molecule has 4 nitrogen and oxygen atoms in total. The third-order valence-corrected chi connectivity index (χ3v) is 3.41. The summed E-state index contributed by atoms with van der Waals surface area (Å²) in [6, 6.07) is 15.5. The molecule has 2 N–H and O–H groups in total. The van der Waals surface area contributed by atoms with Crippen molar-refractivity contribution < 1.29 is 9.53 Å². The van der Waals surface area contributed by atoms with E-state index in [1.165, 1.54) is 0 Å². The molecule has 0 aliphatic carbocycles. The van der Waals surface area contributed by atoms with Gasteiger partial charge in [0.25, 0.3) is 5.91 Å². The van der Waals surface area contributed by atoms with E-state index in [0.29, 0.717) is 0 Å². The summed E-state index contributed by atoms with van der Waals surface area (Å²) in [6.07, 6.45) is 1.09. The molecule has 0 saturated carbocycles. The molecule has 0 spiro atoms. The van der Waals surface area contributed by atoms with Crippen LogP contribution in [0.4, 0.5) is 5.69 Å². The van der Waals surface area contributed by atoms with E-state index >= 15 is 0 Å². The van der Waals surface area contributed by atoms with Crippen molar-refractivity contribution in [1.29, 1.82) is 0 Å². The summed E-state index contributed by atoms with van der Waals surface area (Å²) in [4.78, 5) is 12.0. The Morgan fingerprint density at radius 2 is 1.83 bits per heavy atom. The average Bonchev–Trinajstić information content (AvgIpc) is 2.56. The predicted octanol–water partition coefficient (Wildman–Crippen LogP) is 3.51. The number of nitrogens with one attached hydrogen (secondary N) is 2. The lowest BCUT2D eigenvalue weighted by Crippen LogP contribution is -2.21. The Bertz CT molecular complexity index is 624. The minimum absolute atomic E-state index is 0.00132. The van der Waals surface area contributed by atoms with Crippen molar-refractivity contribution in [1.82, 2.24) is 5.32 Å². The molecule has 122 valence electrons. The highest BCUT2D eigenvalue weighted by Gasteiger charge is 2.07. The van der Waals surface area contributed by atoms with Gasteiger partial charge in [0.15, 0.2) is 6.61 Å². The van der Waals surface area contributed by atoms with Crippen LogP contribution in [0, 0.1) is 6.92 Å². The highest BCUT2D eigenvalue weighted by atomic mass is 16.5. The van der Waals surface area contributed by atoms with E-state index in [1.807, 2.05) is 55.5 Å². The van der Waals surface area contributed by atoms with Crippen LogP contribution in [0.3, 0.4) is 0 Å². The molecule has 0 bridgehead atoms. The lowest BCUT2D eigenvalue weighted by Gasteiger charge is -2.12. The van der Waals surface area contributed by atoms with Crippen LogP contribution >= 0.6 is 0 Å². The molecule has 1 amide bonds. The van der Waals surface area contributed by atoms with Crippen LogP contribution in [0.2, 0.25) is 0 Å². The van der Waals surface area contributed by atoms with Crippen LogP contribution in [0.25, 0.3) is 0 Å². The lowest BCUT2D eigenvalue weighted by atomic mass is 10.2. The van der Waals surface area contributed by atoms with Crippen molar-refractivity contribution in [2.45, 2.75) is 26.8 Å². The Kier molecular flexibility index (Phi) is 6.63. The molecule has 23 heavy (non-hydrogen) atoms. The third-order valence-electron chi connectivity index (χ3n) is 3.41. The lowest BCUT2D eigenvalue weighted by molar-refractivity contribution is -0.118. The molecule has 0 saturated heterocycles. The fraction of sp³-hybridized carbons (Fsp3) is 0.316. The number of hydrogen-bond acceptors (Lipinski definition) is 3. The molecule has 4 heteroatoms. The standard InChI is InChI=1S/C19H24N2O2/c1-3-12-20-13-16-6-4-5-7-18(16)23-14-19(22)21-17-10-8-15(2)9-11-17/h4-11,20H,3,12-14H2,1-2H3,(H,21,22). The average molecular weight is 312 g/mol. The summed E-state index contributed by atoms with van der Waals surface area (Å²) < 4.78 is 5.67. The maximum absolute atomic E-state index is 12.0. The minimum atomic E-state index is -0.162. The van der Waals surface area contributed by atoms with Crippen molar-refractivity contribution in [2.24, 2.45) is 0 Å². The first kappa shape index (κ1) is 17.0. The van der Waals surface area contributed by atoms with E-state index in [2.05, 4.69) is 17.6 Å². The minimum Gasteiger partial charge on any atom is -0.483 e. The Morgan fingerprint density at radius 3 is 2.57 bits per heavy atom. The van der Waals surface area contributed by atoms with E-state index in [-0.39, 0.29) is 12.5 Å². The zero-order valence-corrected chi connectivity index (χ0v) is 13.8. The first-order chi connectivity index (χ1) is 11.2. The number of ether oxygens (including phenoxy) is 1. The van der Waals surface area contributed by atoms with Gasteiger partial charge in [0.1, 0.15) is 5.75 Å². The Labute approximate surface area is 137 Å². The zero-order chi connectivity index (χ0) is 16.5. The number of amides is 1. The second-order valence-corrected chi connectivity index (χ2v) is 5.49. The quantitative estimate of drug-likeness (QED) is 0.733. The summed E-state index contributed by atoms with van der Waals surface area (Å²) in [7, 11) is 0. The van der Waals surface area contributed by atoms with Gasteiger partial charge in [0.05, 0.1) is 0 Å². The van der Waals surface area contributed by atoms with E-state index in [4.69, 9.17) is 4.74 Å². The van der Waals surface area contributed by atoms with E-state index in [0.717, 1.165) is 42.1 Å². The fourth-order valence-corrected chi connectivity index (χ4v) is 2.17. The number of benzene rings is 2. The molecule has 0 unspecified atom stereocenters. The number of carbonyl (C=O) groups is 1. The smallest absolute Gasteiger partial charge is 0.262 e. The number of anilines is 1. The zero-order valence-electron chi connectivity index (χ0n) is 13.8. The summed E-state index contributed by atoms with van der Waals surface area (Å²) >= 11 is 0. The Balaban J connectivity index is 1.87. The van der Waals surface area contributed by atoms with Gasteiger partial charge in [-0.15, -0.1) is 0 Å². The molecule has 0 fully saturated rings. The van der Waals surface area contributed by atoms with Crippen molar-refractivity contribution in [2.75, 3.05) is 18.5 Å². The molecule has 0 radical (unpaired) electrons. The summed E-state index contributed by atoms with van der Waals surface area (Å²) in [5.41, 5.74) is 3.00. The Morgan fingerprint density at radius 1 is 1.09 bits per heavy atom. The number of hydrogen-bond donors (Lipinski definition) is 2. The van der Waals surface area contributed by atoms with Crippen molar-refractivity contribution in [3.8, 4) is 5.75 Å². The molecular weight excluding hydrogens is 288 g/mol. The second-order valence-electron chi connectivity index (χ2n) is 5.49. The van der Waals surface area contributed by atoms with Gasteiger partial charge in [-0.3, -0.25) is 4.79 Å². The van der Waals surface area contributed by atoms with Crippen LogP contribution in [-0.4, -0.2) is 19.1 Å². The van der Waals surface area contributed by atoms with Gasteiger partial charge in [-0.25, -0.2) is 0 Å². The first-order valence-electron chi connectivity index (χ1n) is 7.97. The number of aryl methyl sites for hydroxylation is 1. The summed E-state index contributed by atoms with van der Waals surface area (Å²) in [5.74, 6) is 0.584. The number of rotatable bonds is 8. The van der Waals surface area contributed by atoms with E-state index < -0.39 is 0 Å². The molecule has 0 aliphatic heterocycles. The van der Waals surface area contributed by atoms with E-state index in [9.17, 15) is 4.79 Å². The van der Waals surface area contributed by atoms with Gasteiger partial charge >= 0.3 is 0 Å². The SMILES string of the molecule is CCCNCc1ccccc1OCC(=O)Nc1ccc(C)cc1. The van der Waals surface area contributed by atoms with E-state index in [1.54, 1.807) is 0 Å². The van der Waals surface area contributed by atoms with Crippen molar-refractivity contribution >= 4 is 11.6 Å². The van der Waals surface area contributed by atoms with Gasteiger partial charge in [0, 0.05) is 17.8 Å². The van der Waals surface area contributed by atoms with Crippen LogP contribution in [0.5, 0.6) is 5.75 Å². The normalized spacial score (nSPS) is 10.3. The summed E-state index contributed by atoms with van der Waals surface area (Å²) in [6.45, 7) is 5.84. The largest absolute Gasteiger partial charge is 0.483 e. The van der Waals surface area contributed by atoms with Gasteiger partial charge in [-0.1, -0.05) is 42.8 Å². The van der Waals surface area contributed by atoms with Crippen LogP contribution in [0.15, 0.2) is 48.5 Å². The fourth-order valence-electron chi connectivity index (χ4n) is 2.17. The molecule has 2 aromatic carbocycles. The molecule has 2 rings (SSSR count). The highest BCUT2D eigenvalue weighted by molar-refractivity contribution is 5.91. The van der Waals surface area contributed by atoms with Gasteiger partial charge in [-0.05, 0) is 38.1 Å². The van der Waals surface area contributed by atoms with Crippen LogP contribution < -0.4 is 15.4 Å². The molecule has 0 heterocycles.